The predicted octanol–water partition coefficient (Wildman–Crippen LogP) is 1.10. The maximum atomic E-state index is 12.9. The van der Waals surface area contributed by atoms with Gasteiger partial charge in [-0.1, -0.05) is 0 Å². The normalized spacial score (nSPS) is 23.5. The summed E-state index contributed by atoms with van der Waals surface area (Å²) in [6, 6.07) is 0.338. The van der Waals surface area contributed by atoms with E-state index in [-0.39, 0.29) is 30.1 Å². The highest BCUT2D eigenvalue weighted by Crippen LogP contribution is 2.38. The van der Waals surface area contributed by atoms with Crippen LogP contribution in [0.25, 0.3) is 0 Å². The van der Waals surface area contributed by atoms with Crippen LogP contribution >= 0.6 is 0 Å². The summed E-state index contributed by atoms with van der Waals surface area (Å²) in [6.45, 7) is 5.87. The summed E-state index contributed by atoms with van der Waals surface area (Å²) >= 11 is 0. The van der Waals surface area contributed by atoms with Gasteiger partial charge in [0.2, 0.25) is 5.91 Å². The largest absolute Gasteiger partial charge is 0.381 e. The van der Waals surface area contributed by atoms with E-state index in [1.54, 1.807) is 10.9 Å². The Bertz CT molecular complexity index is 704. The molecule has 27 heavy (non-hydrogen) atoms. The van der Waals surface area contributed by atoms with Crippen LogP contribution in [-0.4, -0.2) is 87.9 Å². The zero-order valence-corrected chi connectivity index (χ0v) is 16.3. The van der Waals surface area contributed by atoms with Gasteiger partial charge in [-0.05, 0) is 38.2 Å². The number of hydrogen-bond donors (Lipinski definition) is 0. The van der Waals surface area contributed by atoms with Crippen molar-refractivity contribution in [3.8, 4) is 0 Å². The Labute approximate surface area is 160 Å². The van der Waals surface area contributed by atoms with E-state index in [9.17, 15) is 9.59 Å². The molecule has 8 nitrogen and oxygen atoms in total. The molecule has 4 heterocycles. The maximum Gasteiger partial charge on any atom is 0.320 e. The number of carbonyl (C=O) groups excluding carboxylic acids is 2. The summed E-state index contributed by atoms with van der Waals surface area (Å²) < 4.78 is 7.25. The second kappa shape index (κ2) is 7.14. The van der Waals surface area contributed by atoms with E-state index in [2.05, 4.69) is 10.00 Å². The van der Waals surface area contributed by atoms with E-state index in [0.29, 0.717) is 13.1 Å². The number of likely N-dealkylation sites (tertiary alicyclic amines) is 1. The van der Waals surface area contributed by atoms with E-state index in [0.717, 1.165) is 51.0 Å². The molecule has 0 N–H and O–H groups in total. The van der Waals surface area contributed by atoms with Gasteiger partial charge in [-0.15, -0.1) is 0 Å². The van der Waals surface area contributed by atoms with Crippen molar-refractivity contribution in [2.75, 3.05) is 39.9 Å². The number of urea groups is 1. The molecule has 3 amide bonds. The van der Waals surface area contributed by atoms with Crippen LogP contribution in [0.1, 0.15) is 31.2 Å². The van der Waals surface area contributed by atoms with Gasteiger partial charge in [-0.25, -0.2) is 4.79 Å². The van der Waals surface area contributed by atoms with Crippen molar-refractivity contribution in [3.05, 3.63) is 18.0 Å². The van der Waals surface area contributed by atoms with Crippen LogP contribution < -0.4 is 0 Å². The van der Waals surface area contributed by atoms with Crippen molar-refractivity contribution in [3.63, 3.8) is 0 Å². The summed E-state index contributed by atoms with van der Waals surface area (Å²) in [7, 11) is 1.89. The zero-order valence-electron chi connectivity index (χ0n) is 16.3. The lowest BCUT2D eigenvalue weighted by Crippen LogP contribution is -2.57. The Morgan fingerprint density at radius 1 is 1.30 bits per heavy atom. The highest BCUT2D eigenvalue weighted by molar-refractivity contribution is 5.79. The number of aromatic nitrogens is 2. The first-order chi connectivity index (χ1) is 13.0. The molecule has 0 radical (unpaired) electrons. The molecule has 0 atom stereocenters. The number of aryl methyl sites for hydroxylation is 1. The molecule has 1 aromatic rings. The highest BCUT2D eigenvalue weighted by Gasteiger charge is 2.52. The van der Waals surface area contributed by atoms with Crippen molar-refractivity contribution >= 4 is 11.9 Å². The van der Waals surface area contributed by atoms with Crippen LogP contribution in [0.5, 0.6) is 0 Å². The summed E-state index contributed by atoms with van der Waals surface area (Å²) in [5, 5.41) is 4.20. The predicted molar refractivity (Wildman–Crippen MR) is 99.2 cm³/mol. The molecular formula is C19H29N5O3. The summed E-state index contributed by atoms with van der Waals surface area (Å²) in [5.41, 5.74) is 0.966. The van der Waals surface area contributed by atoms with E-state index >= 15 is 0 Å². The Balaban J connectivity index is 1.39. The number of carbonyl (C=O) groups is 2. The first kappa shape index (κ1) is 18.3. The van der Waals surface area contributed by atoms with Crippen molar-refractivity contribution in [1.82, 2.24) is 24.5 Å². The molecule has 3 aliphatic rings. The monoisotopic (exact) mass is 375 g/mol. The van der Waals surface area contributed by atoms with Crippen LogP contribution in [-0.2, 0) is 16.1 Å². The highest BCUT2D eigenvalue weighted by atomic mass is 16.5. The van der Waals surface area contributed by atoms with Gasteiger partial charge < -0.3 is 19.4 Å². The topological polar surface area (TPSA) is 70.9 Å². The quantitative estimate of drug-likeness (QED) is 0.793. The molecule has 4 rings (SSSR count). The van der Waals surface area contributed by atoms with Gasteiger partial charge in [0, 0.05) is 52.1 Å². The second-order valence-electron chi connectivity index (χ2n) is 8.17. The third-order valence-corrected chi connectivity index (χ3v) is 6.24. The number of ether oxygens (including phenoxy) is 1. The molecular weight excluding hydrogens is 346 g/mol. The van der Waals surface area contributed by atoms with Crippen LogP contribution in [0, 0.1) is 6.92 Å². The Hall–Kier alpha value is -2.09. The smallest absolute Gasteiger partial charge is 0.320 e. The lowest BCUT2D eigenvalue weighted by molar-refractivity contribution is -0.133. The average Bonchev–Trinajstić information content (AvgIpc) is 3.17. The van der Waals surface area contributed by atoms with Crippen LogP contribution in [0.3, 0.4) is 0 Å². The molecule has 1 spiro atoms. The minimum Gasteiger partial charge on any atom is -0.381 e. The second-order valence-corrected chi connectivity index (χ2v) is 8.17. The summed E-state index contributed by atoms with van der Waals surface area (Å²) in [5.74, 6) is 0.0993. The Morgan fingerprint density at radius 2 is 2.00 bits per heavy atom. The maximum absolute atomic E-state index is 12.9. The Morgan fingerprint density at radius 3 is 2.63 bits per heavy atom. The van der Waals surface area contributed by atoms with Crippen LogP contribution in [0.2, 0.25) is 0 Å². The standard InChI is InChI=1S/C19H29N5O3/c1-15-11-20-23(12-15)13-17(25)22-7-3-16(4-8-22)24-18(26)21(2)14-19(24)5-9-27-10-6-19/h11-12,16H,3-10,13-14H2,1-2H3. The van der Waals surface area contributed by atoms with Gasteiger partial charge in [0.25, 0.3) is 0 Å². The molecule has 0 bridgehead atoms. The molecule has 3 fully saturated rings. The van der Waals surface area contributed by atoms with Gasteiger partial charge in [0.05, 0.1) is 11.7 Å². The van der Waals surface area contributed by atoms with E-state index in [1.165, 1.54) is 0 Å². The number of piperidine rings is 1. The minimum atomic E-state index is -0.0898. The third-order valence-electron chi connectivity index (χ3n) is 6.24. The molecule has 148 valence electrons. The molecule has 3 aliphatic heterocycles. The van der Waals surface area contributed by atoms with E-state index < -0.39 is 0 Å². The fraction of sp³-hybridized carbons (Fsp3) is 0.737. The number of rotatable bonds is 3. The van der Waals surface area contributed by atoms with E-state index in [4.69, 9.17) is 4.74 Å². The Kier molecular flexibility index (Phi) is 4.84. The lowest BCUT2D eigenvalue weighted by Gasteiger charge is -2.46. The van der Waals surface area contributed by atoms with Gasteiger partial charge in [0.15, 0.2) is 0 Å². The zero-order chi connectivity index (χ0) is 19.0. The fourth-order valence-corrected chi connectivity index (χ4v) is 4.83. The van der Waals surface area contributed by atoms with Crippen molar-refractivity contribution in [1.29, 1.82) is 0 Å². The SMILES string of the molecule is Cc1cnn(CC(=O)N2CCC(N3C(=O)N(C)CC34CCOCC4)CC2)c1. The molecule has 8 heteroatoms. The molecule has 0 unspecified atom stereocenters. The van der Waals surface area contributed by atoms with Crippen molar-refractivity contribution in [2.45, 2.75) is 50.7 Å². The van der Waals surface area contributed by atoms with Crippen molar-refractivity contribution < 1.29 is 14.3 Å². The third kappa shape index (κ3) is 3.42. The minimum absolute atomic E-state index is 0.0898. The molecule has 0 aliphatic carbocycles. The summed E-state index contributed by atoms with van der Waals surface area (Å²) in [4.78, 5) is 31.3. The first-order valence-electron chi connectivity index (χ1n) is 9.87. The first-order valence-corrected chi connectivity index (χ1v) is 9.87. The molecule has 1 aromatic heterocycles. The average molecular weight is 375 g/mol. The van der Waals surface area contributed by atoms with Gasteiger partial charge >= 0.3 is 6.03 Å². The summed E-state index contributed by atoms with van der Waals surface area (Å²) in [6.07, 6.45) is 7.14. The van der Waals surface area contributed by atoms with Gasteiger partial charge in [0.1, 0.15) is 6.54 Å². The number of nitrogens with zero attached hydrogens (tertiary/aromatic N) is 5. The van der Waals surface area contributed by atoms with Gasteiger partial charge in [-0.2, -0.15) is 5.10 Å². The van der Waals surface area contributed by atoms with Crippen LogP contribution in [0.15, 0.2) is 12.4 Å². The number of hydrogen-bond acceptors (Lipinski definition) is 4. The molecule has 0 saturated carbocycles. The number of likely N-dealkylation sites (N-methyl/N-ethyl adjacent to an activating group) is 1. The molecule has 3 saturated heterocycles. The molecule has 0 aromatic carbocycles. The van der Waals surface area contributed by atoms with Crippen LogP contribution in [0.4, 0.5) is 4.79 Å². The van der Waals surface area contributed by atoms with Gasteiger partial charge in [-0.3, -0.25) is 9.48 Å². The van der Waals surface area contributed by atoms with Crippen molar-refractivity contribution in [2.24, 2.45) is 0 Å². The lowest BCUT2D eigenvalue weighted by atomic mass is 9.86. The fourth-order valence-electron chi connectivity index (χ4n) is 4.83. The number of amides is 3. The van der Waals surface area contributed by atoms with E-state index in [1.807, 2.05) is 30.0 Å².